The van der Waals surface area contributed by atoms with Gasteiger partial charge in [0.15, 0.2) is 0 Å². The average molecular weight is 141 g/mol. The molecule has 0 aromatic heterocycles. The van der Waals surface area contributed by atoms with Crippen molar-refractivity contribution in [2.75, 3.05) is 0 Å². The Kier molecular flexibility index (Phi) is 1.50. The number of rotatable bonds is 2. The van der Waals surface area contributed by atoms with Gasteiger partial charge in [-0.3, -0.25) is 10.2 Å². The third-order valence-corrected chi connectivity index (χ3v) is 1.90. The number of hydrogen-bond donors (Lipinski definition) is 3. The van der Waals surface area contributed by atoms with Crippen molar-refractivity contribution >= 4 is 5.91 Å². The van der Waals surface area contributed by atoms with Gasteiger partial charge in [0.25, 0.3) is 5.91 Å². The minimum Gasteiger partial charge on any atom is -0.317 e. The number of carbonyl (C=O) groups is 1. The highest BCUT2D eigenvalue weighted by Crippen LogP contribution is 2.41. The van der Waals surface area contributed by atoms with Crippen LogP contribution in [0.5, 0.6) is 0 Å². The molecule has 56 valence electrons. The first-order chi connectivity index (χ1) is 4.65. The van der Waals surface area contributed by atoms with E-state index in [9.17, 15) is 4.79 Å². The number of nitrogens with one attached hydrogen (secondary N) is 1. The highest BCUT2D eigenvalue weighted by Gasteiger charge is 2.55. The molecule has 0 heterocycles. The summed E-state index contributed by atoms with van der Waals surface area (Å²) in [6.07, 6.45) is 2.33. The maximum atomic E-state index is 10.9. The third-order valence-electron chi connectivity index (χ3n) is 1.90. The van der Waals surface area contributed by atoms with Crippen LogP contribution in [0.3, 0.4) is 0 Å². The van der Waals surface area contributed by atoms with Crippen LogP contribution < -0.4 is 17.0 Å². The lowest BCUT2D eigenvalue weighted by molar-refractivity contribution is -0.123. The Bertz CT molecular complexity index is 180. The quantitative estimate of drug-likeness (QED) is 0.197. The molecule has 0 aliphatic heterocycles. The van der Waals surface area contributed by atoms with E-state index in [0.717, 1.165) is 0 Å². The van der Waals surface area contributed by atoms with Crippen LogP contribution in [0.1, 0.15) is 6.42 Å². The van der Waals surface area contributed by atoms with Gasteiger partial charge in [0, 0.05) is 5.92 Å². The maximum absolute atomic E-state index is 10.9. The zero-order valence-electron chi connectivity index (χ0n) is 5.63. The van der Waals surface area contributed by atoms with Crippen molar-refractivity contribution < 1.29 is 4.79 Å². The number of nitrogens with two attached hydrogens (primary N) is 2. The molecule has 5 N–H and O–H groups in total. The van der Waals surface area contributed by atoms with Crippen molar-refractivity contribution in [3.8, 4) is 0 Å². The second kappa shape index (κ2) is 2.07. The summed E-state index contributed by atoms with van der Waals surface area (Å²) < 4.78 is 0. The summed E-state index contributed by atoms with van der Waals surface area (Å²) >= 11 is 0. The van der Waals surface area contributed by atoms with Crippen molar-refractivity contribution in [1.29, 1.82) is 0 Å². The molecule has 4 heteroatoms. The third kappa shape index (κ3) is 0.815. The van der Waals surface area contributed by atoms with Crippen molar-refractivity contribution in [3.05, 3.63) is 12.7 Å². The smallest absolute Gasteiger partial charge is 0.254 e. The molecule has 0 radical (unpaired) electrons. The molecule has 2 atom stereocenters. The van der Waals surface area contributed by atoms with Crippen LogP contribution in [0, 0.1) is 5.92 Å². The molecule has 0 aromatic rings. The summed E-state index contributed by atoms with van der Waals surface area (Å²) in [7, 11) is 0. The largest absolute Gasteiger partial charge is 0.317 e. The van der Waals surface area contributed by atoms with Gasteiger partial charge in [-0.05, 0) is 6.42 Å². The first kappa shape index (κ1) is 7.24. The number of carbonyl (C=O) groups excluding carboxylic acids is 1. The Labute approximate surface area is 59.2 Å². The summed E-state index contributed by atoms with van der Waals surface area (Å²) in [5.74, 6) is 4.69. The SMILES string of the molecule is C=CC1CC1(N)C(=O)NN. The van der Waals surface area contributed by atoms with Crippen molar-refractivity contribution in [2.24, 2.45) is 17.5 Å². The van der Waals surface area contributed by atoms with Gasteiger partial charge in [-0.1, -0.05) is 6.08 Å². The summed E-state index contributed by atoms with van der Waals surface area (Å²) in [6.45, 7) is 3.53. The predicted octanol–water partition coefficient (Wildman–Crippen LogP) is -1.12. The fourth-order valence-electron chi connectivity index (χ4n) is 0.994. The van der Waals surface area contributed by atoms with Crippen LogP contribution in [0.25, 0.3) is 0 Å². The van der Waals surface area contributed by atoms with E-state index in [1.807, 2.05) is 5.43 Å². The van der Waals surface area contributed by atoms with Crippen molar-refractivity contribution in [3.63, 3.8) is 0 Å². The molecule has 0 aromatic carbocycles. The van der Waals surface area contributed by atoms with Gasteiger partial charge in [-0.15, -0.1) is 6.58 Å². The van der Waals surface area contributed by atoms with Gasteiger partial charge in [-0.25, -0.2) is 5.84 Å². The lowest BCUT2D eigenvalue weighted by Crippen LogP contribution is -2.47. The van der Waals surface area contributed by atoms with Crippen LogP contribution in [0.4, 0.5) is 0 Å². The molecular weight excluding hydrogens is 130 g/mol. The van der Waals surface area contributed by atoms with Crippen LogP contribution in [-0.2, 0) is 4.79 Å². The highest BCUT2D eigenvalue weighted by molar-refractivity contribution is 5.89. The van der Waals surface area contributed by atoms with Crippen LogP contribution >= 0.6 is 0 Å². The summed E-state index contributed by atoms with van der Waals surface area (Å²) in [5, 5.41) is 0. The number of hydrogen-bond acceptors (Lipinski definition) is 3. The molecule has 1 aliphatic carbocycles. The standard InChI is InChI=1S/C6H11N3O/c1-2-4-3-6(4,7)5(10)9-8/h2,4H,1,3,7-8H2,(H,9,10). The van der Waals surface area contributed by atoms with E-state index >= 15 is 0 Å². The molecule has 1 fully saturated rings. The molecule has 1 rings (SSSR count). The van der Waals surface area contributed by atoms with Gasteiger partial charge in [-0.2, -0.15) is 0 Å². The molecule has 10 heavy (non-hydrogen) atoms. The van der Waals surface area contributed by atoms with Crippen molar-refractivity contribution in [1.82, 2.24) is 5.43 Å². The van der Waals surface area contributed by atoms with Gasteiger partial charge in [0.2, 0.25) is 0 Å². The normalized spacial score (nSPS) is 36.8. The number of hydrazine groups is 1. The van der Waals surface area contributed by atoms with E-state index in [0.29, 0.717) is 6.42 Å². The Morgan fingerprint density at radius 2 is 2.50 bits per heavy atom. The maximum Gasteiger partial charge on any atom is 0.254 e. The zero-order chi connectivity index (χ0) is 7.78. The van der Waals surface area contributed by atoms with Crippen molar-refractivity contribution in [2.45, 2.75) is 12.0 Å². The summed E-state index contributed by atoms with van der Waals surface area (Å²) in [4.78, 5) is 10.9. The van der Waals surface area contributed by atoms with Gasteiger partial charge >= 0.3 is 0 Å². The lowest BCUT2D eigenvalue weighted by Gasteiger charge is -2.05. The lowest BCUT2D eigenvalue weighted by atomic mass is 10.2. The van der Waals surface area contributed by atoms with Crippen LogP contribution in [0.2, 0.25) is 0 Å². The zero-order valence-corrected chi connectivity index (χ0v) is 5.63. The Hall–Kier alpha value is -0.870. The first-order valence-electron chi connectivity index (χ1n) is 3.07. The molecule has 0 saturated heterocycles. The summed E-state index contributed by atoms with van der Waals surface area (Å²) in [6, 6.07) is 0. The number of amides is 1. The highest BCUT2D eigenvalue weighted by atomic mass is 16.2. The topological polar surface area (TPSA) is 81.1 Å². The second-order valence-electron chi connectivity index (χ2n) is 2.56. The van der Waals surface area contributed by atoms with Gasteiger partial charge in [0.05, 0.1) is 0 Å². The van der Waals surface area contributed by atoms with E-state index in [2.05, 4.69) is 6.58 Å². The molecular formula is C6H11N3O. The predicted molar refractivity (Wildman–Crippen MR) is 37.6 cm³/mol. The van der Waals surface area contributed by atoms with E-state index in [-0.39, 0.29) is 11.8 Å². The molecule has 0 bridgehead atoms. The minimum atomic E-state index is -0.767. The first-order valence-corrected chi connectivity index (χ1v) is 3.07. The van der Waals surface area contributed by atoms with Gasteiger partial charge in [0.1, 0.15) is 5.54 Å². The second-order valence-corrected chi connectivity index (χ2v) is 2.56. The Morgan fingerprint density at radius 3 is 2.80 bits per heavy atom. The molecule has 4 nitrogen and oxygen atoms in total. The van der Waals surface area contributed by atoms with E-state index < -0.39 is 5.54 Å². The molecule has 1 saturated carbocycles. The van der Waals surface area contributed by atoms with Gasteiger partial charge < -0.3 is 5.73 Å². The van der Waals surface area contributed by atoms with Crippen LogP contribution in [-0.4, -0.2) is 11.4 Å². The van der Waals surface area contributed by atoms with E-state index in [4.69, 9.17) is 11.6 Å². The molecule has 0 spiro atoms. The monoisotopic (exact) mass is 141 g/mol. The summed E-state index contributed by atoms with van der Waals surface area (Å²) in [5.41, 5.74) is 6.84. The van der Waals surface area contributed by atoms with Crippen LogP contribution in [0.15, 0.2) is 12.7 Å². The van der Waals surface area contributed by atoms with E-state index in [1.165, 1.54) is 0 Å². The average Bonchev–Trinajstić information content (AvgIpc) is 2.61. The Morgan fingerprint density at radius 1 is 1.90 bits per heavy atom. The Balaban J connectivity index is 2.58. The molecule has 1 amide bonds. The fourth-order valence-corrected chi connectivity index (χ4v) is 0.994. The minimum absolute atomic E-state index is 0.0936. The fraction of sp³-hybridized carbons (Fsp3) is 0.500. The van der Waals surface area contributed by atoms with E-state index in [1.54, 1.807) is 6.08 Å². The molecule has 2 unspecified atom stereocenters. The molecule has 1 aliphatic rings.